The molecule has 1 atom stereocenters. The quantitative estimate of drug-likeness (QED) is 0.670. The lowest BCUT2D eigenvalue weighted by molar-refractivity contribution is 0.446. The Labute approximate surface area is 158 Å². The van der Waals surface area contributed by atoms with Crippen molar-refractivity contribution < 1.29 is 12.8 Å². The number of sulfone groups is 1. The van der Waals surface area contributed by atoms with Gasteiger partial charge in [-0.2, -0.15) is 0 Å². The second-order valence-corrected chi connectivity index (χ2v) is 9.06. The van der Waals surface area contributed by atoms with Gasteiger partial charge in [-0.25, -0.2) is 12.8 Å². The molecule has 1 aliphatic heterocycles. The van der Waals surface area contributed by atoms with Gasteiger partial charge in [0.1, 0.15) is 10.7 Å². The van der Waals surface area contributed by atoms with Crippen molar-refractivity contribution in [2.45, 2.75) is 29.6 Å². The normalized spacial score (nSPS) is 18.0. The van der Waals surface area contributed by atoms with Crippen molar-refractivity contribution in [3.63, 3.8) is 0 Å². The van der Waals surface area contributed by atoms with E-state index in [1.807, 2.05) is 0 Å². The average Bonchev–Trinajstić information content (AvgIpc) is 2.67. The van der Waals surface area contributed by atoms with Gasteiger partial charge in [-0.15, -0.1) is 0 Å². The zero-order valence-corrected chi connectivity index (χ0v) is 15.9. The number of piperidine rings is 1. The van der Waals surface area contributed by atoms with Crippen LogP contribution in [-0.4, -0.2) is 26.5 Å². The summed E-state index contributed by atoms with van der Waals surface area (Å²) in [4.78, 5) is 6.75. The Kier molecular flexibility index (Phi) is 4.60. The van der Waals surface area contributed by atoms with Gasteiger partial charge in [0.2, 0.25) is 9.84 Å². The van der Waals surface area contributed by atoms with Gasteiger partial charge in [-0.05, 0) is 49.1 Å². The van der Waals surface area contributed by atoms with E-state index in [-0.39, 0.29) is 9.79 Å². The third-order valence-corrected chi connectivity index (χ3v) is 6.85. The van der Waals surface area contributed by atoms with E-state index in [1.54, 1.807) is 36.4 Å². The van der Waals surface area contributed by atoms with Crippen LogP contribution < -0.4 is 4.90 Å². The number of benzene rings is 2. The first kappa shape index (κ1) is 17.9. The monoisotopic (exact) mass is 384 g/mol. The topological polar surface area (TPSA) is 50.3 Å². The molecule has 0 radical (unpaired) electrons. The zero-order valence-electron chi connectivity index (χ0n) is 15.1. The van der Waals surface area contributed by atoms with E-state index in [1.165, 1.54) is 18.3 Å². The van der Waals surface area contributed by atoms with Crippen molar-refractivity contribution in [3.05, 3.63) is 60.5 Å². The number of pyridine rings is 1. The highest BCUT2D eigenvalue weighted by Gasteiger charge is 2.28. The Balaban J connectivity index is 1.99. The third kappa shape index (κ3) is 3.30. The van der Waals surface area contributed by atoms with Gasteiger partial charge >= 0.3 is 0 Å². The van der Waals surface area contributed by atoms with Crippen molar-refractivity contribution in [3.8, 4) is 0 Å². The number of hydrogen-bond donors (Lipinski definition) is 0. The number of halogens is 1. The molecular weight excluding hydrogens is 363 g/mol. The lowest BCUT2D eigenvalue weighted by Gasteiger charge is -2.34. The van der Waals surface area contributed by atoms with Crippen LogP contribution in [0, 0.1) is 11.7 Å². The second-order valence-electron chi connectivity index (χ2n) is 7.14. The molecule has 0 amide bonds. The van der Waals surface area contributed by atoms with E-state index >= 15 is 0 Å². The first-order valence-electron chi connectivity index (χ1n) is 9.10. The Morgan fingerprint density at radius 2 is 1.93 bits per heavy atom. The summed E-state index contributed by atoms with van der Waals surface area (Å²) in [5.74, 6) is 0.0488. The van der Waals surface area contributed by atoms with Crippen molar-refractivity contribution in [2.24, 2.45) is 5.92 Å². The summed E-state index contributed by atoms with van der Waals surface area (Å²) in [6.07, 6.45) is 3.50. The molecule has 1 aromatic heterocycles. The average molecular weight is 384 g/mol. The molecule has 1 saturated heterocycles. The largest absolute Gasteiger partial charge is 0.370 e. The van der Waals surface area contributed by atoms with Crippen LogP contribution in [0.2, 0.25) is 0 Å². The second kappa shape index (κ2) is 6.93. The van der Waals surface area contributed by atoms with E-state index in [0.29, 0.717) is 22.5 Å². The smallest absolute Gasteiger partial charge is 0.210 e. The Bertz CT molecular complexity index is 1080. The summed E-state index contributed by atoms with van der Waals surface area (Å²) in [5.41, 5.74) is 1.16. The van der Waals surface area contributed by atoms with Gasteiger partial charge in [0.15, 0.2) is 0 Å². The van der Waals surface area contributed by atoms with Crippen molar-refractivity contribution in [2.75, 3.05) is 18.0 Å². The molecule has 27 heavy (non-hydrogen) atoms. The highest BCUT2D eigenvalue weighted by Crippen LogP contribution is 2.37. The number of rotatable bonds is 3. The van der Waals surface area contributed by atoms with Gasteiger partial charge in [-0.3, -0.25) is 4.98 Å². The number of anilines is 1. The SMILES string of the molecule is C[C@@H]1CCCN(c2c(S(=O)(=O)c3ccccc3)cnc3ccc(F)cc23)C1. The lowest BCUT2D eigenvalue weighted by atomic mass is 9.99. The molecule has 4 nitrogen and oxygen atoms in total. The van der Waals surface area contributed by atoms with Crippen LogP contribution in [0.5, 0.6) is 0 Å². The molecule has 0 saturated carbocycles. The van der Waals surface area contributed by atoms with E-state index in [9.17, 15) is 12.8 Å². The van der Waals surface area contributed by atoms with Gasteiger partial charge < -0.3 is 4.90 Å². The number of fused-ring (bicyclic) bond motifs is 1. The van der Waals surface area contributed by atoms with Gasteiger partial charge in [-0.1, -0.05) is 25.1 Å². The van der Waals surface area contributed by atoms with Crippen LogP contribution in [0.25, 0.3) is 10.9 Å². The molecule has 6 heteroatoms. The van der Waals surface area contributed by atoms with Crippen LogP contribution in [0.15, 0.2) is 64.5 Å². The summed E-state index contributed by atoms with van der Waals surface area (Å²) >= 11 is 0. The minimum Gasteiger partial charge on any atom is -0.370 e. The van der Waals surface area contributed by atoms with Gasteiger partial charge in [0.05, 0.1) is 16.1 Å². The van der Waals surface area contributed by atoms with Crippen LogP contribution in [0.4, 0.5) is 10.1 Å². The summed E-state index contributed by atoms with van der Waals surface area (Å²) in [5, 5.41) is 0.543. The molecule has 140 valence electrons. The molecule has 4 rings (SSSR count). The zero-order chi connectivity index (χ0) is 19.0. The van der Waals surface area contributed by atoms with E-state index < -0.39 is 15.7 Å². The minimum absolute atomic E-state index is 0.140. The van der Waals surface area contributed by atoms with Crippen molar-refractivity contribution >= 4 is 26.4 Å². The minimum atomic E-state index is -3.77. The highest BCUT2D eigenvalue weighted by molar-refractivity contribution is 7.91. The van der Waals surface area contributed by atoms with Gasteiger partial charge in [0, 0.05) is 24.7 Å². The van der Waals surface area contributed by atoms with Crippen molar-refractivity contribution in [1.82, 2.24) is 4.98 Å². The highest BCUT2D eigenvalue weighted by atomic mass is 32.2. The van der Waals surface area contributed by atoms with Crippen LogP contribution in [0.3, 0.4) is 0 Å². The molecule has 1 fully saturated rings. The van der Waals surface area contributed by atoms with Gasteiger partial charge in [0.25, 0.3) is 0 Å². The van der Waals surface area contributed by atoms with Crippen LogP contribution >= 0.6 is 0 Å². The Hall–Kier alpha value is -2.47. The number of nitrogens with zero attached hydrogens (tertiary/aromatic N) is 2. The maximum absolute atomic E-state index is 14.0. The number of hydrogen-bond acceptors (Lipinski definition) is 4. The molecule has 3 aromatic rings. The summed E-state index contributed by atoms with van der Waals surface area (Å²) in [7, 11) is -3.77. The fraction of sp³-hybridized carbons (Fsp3) is 0.286. The molecule has 2 heterocycles. The van der Waals surface area contributed by atoms with Crippen LogP contribution in [-0.2, 0) is 9.84 Å². The predicted octanol–water partition coefficient (Wildman–Crippen LogP) is 4.44. The Morgan fingerprint density at radius 3 is 2.67 bits per heavy atom. The maximum atomic E-state index is 14.0. The molecule has 0 aliphatic carbocycles. The molecule has 0 unspecified atom stereocenters. The Morgan fingerprint density at radius 1 is 1.15 bits per heavy atom. The first-order valence-corrected chi connectivity index (χ1v) is 10.6. The maximum Gasteiger partial charge on any atom is 0.210 e. The standard InChI is InChI=1S/C21H21FN2O2S/c1-15-6-5-11-24(14-15)21-18-12-16(22)9-10-19(18)23-13-20(21)27(25,26)17-7-3-2-4-8-17/h2-4,7-10,12-13,15H,5-6,11,14H2,1H3/t15-/m1/s1. The predicted molar refractivity (Wildman–Crippen MR) is 104 cm³/mol. The van der Waals surface area contributed by atoms with E-state index in [0.717, 1.165) is 25.9 Å². The molecular formula is C21H21FN2O2S. The van der Waals surface area contributed by atoms with E-state index in [4.69, 9.17) is 0 Å². The summed E-state index contributed by atoms with van der Waals surface area (Å²) < 4.78 is 40.7. The van der Waals surface area contributed by atoms with Crippen molar-refractivity contribution in [1.29, 1.82) is 0 Å². The third-order valence-electron chi connectivity index (χ3n) is 5.08. The first-order chi connectivity index (χ1) is 13.0. The fourth-order valence-electron chi connectivity index (χ4n) is 3.77. The molecule has 2 aromatic carbocycles. The summed E-state index contributed by atoms with van der Waals surface area (Å²) in [6.45, 7) is 3.64. The fourth-order valence-corrected chi connectivity index (χ4v) is 5.23. The van der Waals surface area contributed by atoms with E-state index in [2.05, 4.69) is 16.8 Å². The molecule has 0 N–H and O–H groups in total. The lowest BCUT2D eigenvalue weighted by Crippen LogP contribution is -2.35. The molecule has 0 spiro atoms. The molecule has 0 bridgehead atoms. The number of aromatic nitrogens is 1. The van der Waals surface area contributed by atoms with Crippen LogP contribution in [0.1, 0.15) is 19.8 Å². The molecule has 1 aliphatic rings. The summed E-state index contributed by atoms with van der Waals surface area (Å²) in [6, 6.07) is 12.7.